The van der Waals surface area contributed by atoms with Gasteiger partial charge in [-0.2, -0.15) is 0 Å². The van der Waals surface area contributed by atoms with Crippen LogP contribution in [0.15, 0.2) is 35.0 Å². The molecule has 0 aliphatic rings. The van der Waals surface area contributed by atoms with Crippen molar-refractivity contribution >= 4 is 22.4 Å². The minimum absolute atomic E-state index is 0.262. The molecule has 0 spiro atoms. The predicted octanol–water partition coefficient (Wildman–Crippen LogP) is 2.25. The van der Waals surface area contributed by atoms with Gasteiger partial charge in [-0.15, -0.1) is 0 Å². The topological polar surface area (TPSA) is 30.0 Å². The van der Waals surface area contributed by atoms with Crippen molar-refractivity contribution in [3.05, 3.63) is 35.5 Å². The summed E-state index contributed by atoms with van der Waals surface area (Å²) in [6, 6.07) is 3.61. The molecular weight excluding hydrogens is 206 g/mol. The average molecular weight is 216 g/mol. The van der Waals surface area contributed by atoms with Crippen molar-refractivity contribution in [2.24, 2.45) is 0 Å². The second kappa shape index (κ2) is 4.53. The maximum atomic E-state index is 11.5. The molecule has 0 N–H and O–H groups in total. The van der Waals surface area contributed by atoms with Crippen molar-refractivity contribution in [1.29, 1.82) is 0 Å². The van der Waals surface area contributed by atoms with Gasteiger partial charge in [0, 0.05) is 11.2 Å². The van der Waals surface area contributed by atoms with Gasteiger partial charge >= 0.3 is 0 Å². The van der Waals surface area contributed by atoms with Crippen molar-refractivity contribution in [2.45, 2.75) is 11.9 Å². The molecule has 1 aromatic rings. The summed E-state index contributed by atoms with van der Waals surface area (Å²) in [7, 11) is -1.16. The second-order valence-corrected chi connectivity index (χ2v) is 4.61. The molecular formula is C9H10ClNOS. The third kappa shape index (κ3) is 3.28. The van der Waals surface area contributed by atoms with E-state index in [0.29, 0.717) is 10.1 Å². The number of hydrogen-bond donors (Lipinski definition) is 0. The lowest BCUT2D eigenvalue weighted by atomic mass is 10.3. The minimum atomic E-state index is -1.16. The van der Waals surface area contributed by atoms with Gasteiger partial charge < -0.3 is 0 Å². The molecule has 1 aromatic heterocycles. The maximum absolute atomic E-state index is 11.5. The molecule has 0 bridgehead atoms. The van der Waals surface area contributed by atoms with Crippen LogP contribution in [0.4, 0.5) is 0 Å². The van der Waals surface area contributed by atoms with Crippen molar-refractivity contribution in [1.82, 2.24) is 4.98 Å². The van der Waals surface area contributed by atoms with E-state index in [1.807, 2.05) is 13.0 Å². The lowest BCUT2D eigenvalue weighted by Crippen LogP contribution is -1.99. The number of hydrogen-bond acceptors (Lipinski definition) is 2. The van der Waals surface area contributed by atoms with Gasteiger partial charge in [0.2, 0.25) is 0 Å². The molecule has 0 aliphatic heterocycles. The first-order valence-electron chi connectivity index (χ1n) is 3.74. The lowest BCUT2D eigenvalue weighted by molar-refractivity contribution is 0.682. The van der Waals surface area contributed by atoms with E-state index < -0.39 is 10.8 Å². The molecule has 0 radical (unpaired) electrons. The smallest absolute Gasteiger partial charge is 0.127 e. The Morgan fingerprint density at radius 3 is 2.85 bits per heavy atom. The van der Waals surface area contributed by atoms with Gasteiger partial charge in [-0.1, -0.05) is 24.2 Å². The number of aryl methyl sites for hydroxylation is 1. The predicted molar refractivity (Wildman–Crippen MR) is 55.2 cm³/mol. The van der Waals surface area contributed by atoms with Crippen LogP contribution in [0.25, 0.3) is 0 Å². The van der Waals surface area contributed by atoms with E-state index in [0.717, 1.165) is 5.56 Å². The van der Waals surface area contributed by atoms with Gasteiger partial charge in [0.05, 0.1) is 16.6 Å². The summed E-state index contributed by atoms with van der Waals surface area (Å²) >= 11 is 5.54. The van der Waals surface area contributed by atoms with Crippen LogP contribution in [-0.2, 0) is 10.8 Å². The van der Waals surface area contributed by atoms with Gasteiger partial charge in [0.25, 0.3) is 0 Å². The van der Waals surface area contributed by atoms with Crippen LogP contribution < -0.4 is 0 Å². The molecule has 0 amide bonds. The van der Waals surface area contributed by atoms with E-state index >= 15 is 0 Å². The highest BCUT2D eigenvalue weighted by Crippen LogP contribution is 2.08. The number of nitrogens with zero attached hydrogens (tertiary/aromatic N) is 1. The van der Waals surface area contributed by atoms with Crippen molar-refractivity contribution < 1.29 is 4.21 Å². The number of aromatic nitrogens is 1. The monoisotopic (exact) mass is 215 g/mol. The Morgan fingerprint density at radius 2 is 2.38 bits per heavy atom. The van der Waals surface area contributed by atoms with Crippen LogP contribution in [-0.4, -0.2) is 14.9 Å². The zero-order chi connectivity index (χ0) is 9.84. The quantitative estimate of drug-likeness (QED) is 0.774. The van der Waals surface area contributed by atoms with E-state index in [1.54, 1.807) is 12.3 Å². The van der Waals surface area contributed by atoms with Gasteiger partial charge in [-0.05, 0) is 18.6 Å². The molecule has 0 saturated heterocycles. The summed E-state index contributed by atoms with van der Waals surface area (Å²) in [5, 5.41) is 0.938. The molecule has 13 heavy (non-hydrogen) atoms. The van der Waals surface area contributed by atoms with Gasteiger partial charge in [-0.25, -0.2) is 4.98 Å². The summed E-state index contributed by atoms with van der Waals surface area (Å²) in [5.74, 6) is 0.262. The number of pyridine rings is 1. The Labute approximate surface area is 85.1 Å². The Hall–Kier alpha value is -0.670. The first-order valence-corrected chi connectivity index (χ1v) is 5.43. The lowest BCUT2D eigenvalue weighted by Gasteiger charge is -1.99. The van der Waals surface area contributed by atoms with E-state index in [1.165, 1.54) is 0 Å². The standard InChI is InChI=1S/C9H10ClNOS/c1-7-3-4-9(11-5-7)13(12)6-8(2)10/h3-5H,2,6H2,1H3. The summed E-state index contributed by atoms with van der Waals surface area (Å²) in [6.07, 6.45) is 1.68. The van der Waals surface area contributed by atoms with Crippen LogP contribution in [0.1, 0.15) is 5.56 Å². The van der Waals surface area contributed by atoms with Gasteiger partial charge in [-0.3, -0.25) is 4.21 Å². The molecule has 1 heterocycles. The van der Waals surface area contributed by atoms with E-state index in [2.05, 4.69) is 11.6 Å². The second-order valence-electron chi connectivity index (χ2n) is 2.68. The van der Waals surface area contributed by atoms with E-state index in [4.69, 9.17) is 11.6 Å². The molecule has 2 nitrogen and oxygen atoms in total. The average Bonchev–Trinajstić information content (AvgIpc) is 2.04. The Morgan fingerprint density at radius 1 is 1.69 bits per heavy atom. The third-order valence-corrected chi connectivity index (χ3v) is 3.02. The fraction of sp³-hybridized carbons (Fsp3) is 0.222. The highest BCUT2D eigenvalue weighted by molar-refractivity contribution is 7.85. The largest absolute Gasteiger partial charge is 0.252 e. The van der Waals surface area contributed by atoms with Crippen molar-refractivity contribution in [2.75, 3.05) is 5.75 Å². The fourth-order valence-corrected chi connectivity index (χ4v) is 1.92. The molecule has 0 fully saturated rings. The molecule has 0 aromatic carbocycles. The summed E-state index contributed by atoms with van der Waals surface area (Å²) in [4.78, 5) is 4.03. The third-order valence-electron chi connectivity index (χ3n) is 1.41. The molecule has 1 atom stereocenters. The summed E-state index contributed by atoms with van der Waals surface area (Å²) < 4.78 is 11.5. The van der Waals surface area contributed by atoms with Crippen LogP contribution >= 0.6 is 11.6 Å². The Bertz CT molecular complexity index is 334. The summed E-state index contributed by atoms with van der Waals surface area (Å²) in [6.45, 7) is 5.41. The zero-order valence-electron chi connectivity index (χ0n) is 7.29. The van der Waals surface area contributed by atoms with Crippen LogP contribution in [0, 0.1) is 6.92 Å². The van der Waals surface area contributed by atoms with Crippen molar-refractivity contribution in [3.63, 3.8) is 0 Å². The first kappa shape index (κ1) is 10.4. The van der Waals surface area contributed by atoms with Gasteiger partial charge in [0.1, 0.15) is 5.03 Å². The Kier molecular flexibility index (Phi) is 3.63. The molecule has 4 heteroatoms. The SMILES string of the molecule is C=C(Cl)CS(=O)c1ccc(C)cn1. The minimum Gasteiger partial charge on any atom is -0.252 e. The number of halogens is 1. The van der Waals surface area contributed by atoms with Gasteiger partial charge in [0.15, 0.2) is 0 Å². The van der Waals surface area contributed by atoms with E-state index in [9.17, 15) is 4.21 Å². The van der Waals surface area contributed by atoms with Crippen molar-refractivity contribution in [3.8, 4) is 0 Å². The van der Waals surface area contributed by atoms with Crippen LogP contribution in [0.3, 0.4) is 0 Å². The maximum Gasteiger partial charge on any atom is 0.127 e. The zero-order valence-corrected chi connectivity index (χ0v) is 8.86. The highest BCUT2D eigenvalue weighted by atomic mass is 35.5. The Balaban J connectivity index is 2.78. The molecule has 1 unspecified atom stereocenters. The highest BCUT2D eigenvalue weighted by Gasteiger charge is 2.05. The molecule has 0 saturated carbocycles. The van der Waals surface area contributed by atoms with E-state index in [-0.39, 0.29) is 5.75 Å². The summed E-state index contributed by atoms with van der Waals surface area (Å²) in [5.41, 5.74) is 1.05. The van der Waals surface area contributed by atoms with Crippen LogP contribution in [0.5, 0.6) is 0 Å². The molecule has 0 aliphatic carbocycles. The normalized spacial score (nSPS) is 12.5. The number of rotatable bonds is 3. The molecule has 70 valence electrons. The first-order chi connectivity index (χ1) is 6.09. The molecule has 1 rings (SSSR count). The van der Waals surface area contributed by atoms with Crippen LogP contribution in [0.2, 0.25) is 0 Å². The fourth-order valence-electron chi connectivity index (χ4n) is 0.805.